The number of nitrogens with one attached hydrogen (secondary N) is 1. The van der Waals surface area contributed by atoms with Gasteiger partial charge in [-0.2, -0.15) is 0 Å². The quantitative estimate of drug-likeness (QED) is 0.385. The van der Waals surface area contributed by atoms with Crippen LogP contribution in [0.15, 0.2) is 59.8 Å². The number of carbonyl (C=O) groups excluding carboxylic acids is 1. The highest BCUT2D eigenvalue weighted by atomic mass is 35.5. The van der Waals surface area contributed by atoms with E-state index in [2.05, 4.69) is 16.5 Å². The van der Waals surface area contributed by atoms with Crippen molar-refractivity contribution in [3.8, 4) is 28.3 Å². The zero-order valence-electron chi connectivity index (χ0n) is 20.3. The van der Waals surface area contributed by atoms with E-state index >= 15 is 0 Å². The Morgan fingerprint density at radius 1 is 1.00 bits per heavy atom. The predicted octanol–water partition coefficient (Wildman–Crippen LogP) is 7.14. The Morgan fingerprint density at radius 2 is 1.78 bits per heavy atom. The molecule has 3 aromatic rings. The maximum Gasteiger partial charge on any atom is 0.264 e. The fourth-order valence-electron chi connectivity index (χ4n) is 5.63. The van der Waals surface area contributed by atoms with Gasteiger partial charge in [-0.25, -0.2) is 4.98 Å². The predicted molar refractivity (Wildman–Crippen MR) is 145 cm³/mol. The maximum atomic E-state index is 13.1. The number of benzene rings is 2. The molecule has 1 aromatic heterocycles. The average molecular weight is 536 g/mol. The molecule has 1 spiro atoms. The number of aromatic nitrogens is 1. The molecule has 2 unspecified atom stereocenters. The van der Waals surface area contributed by atoms with E-state index < -0.39 is 6.10 Å². The molecule has 6 rings (SSSR count). The molecule has 1 N–H and O–H groups in total. The van der Waals surface area contributed by atoms with E-state index in [1.165, 1.54) is 6.42 Å². The zero-order valence-corrected chi connectivity index (χ0v) is 21.8. The van der Waals surface area contributed by atoms with E-state index in [0.717, 1.165) is 53.6 Å². The minimum atomic E-state index is -0.611. The molecule has 3 heterocycles. The Kier molecular flexibility index (Phi) is 6.55. The van der Waals surface area contributed by atoms with Crippen molar-refractivity contribution in [2.45, 2.75) is 62.7 Å². The normalized spacial score (nSPS) is 21.7. The van der Waals surface area contributed by atoms with Crippen LogP contribution in [-0.2, 0) is 9.63 Å². The highest BCUT2D eigenvalue weighted by Crippen LogP contribution is 2.48. The molecule has 1 aliphatic carbocycles. The monoisotopic (exact) mass is 535 g/mol. The van der Waals surface area contributed by atoms with Crippen molar-refractivity contribution >= 4 is 35.3 Å². The van der Waals surface area contributed by atoms with Crippen molar-refractivity contribution < 1.29 is 14.4 Å². The first-order valence-corrected chi connectivity index (χ1v) is 13.5. The minimum Gasteiger partial charge on any atom is -0.471 e. The highest BCUT2D eigenvalue weighted by molar-refractivity contribution is 6.33. The lowest BCUT2D eigenvalue weighted by Gasteiger charge is -2.44. The van der Waals surface area contributed by atoms with Gasteiger partial charge in [0.25, 0.3) is 5.91 Å². The standard InChI is InChI=1S/C29H27Cl2N3O3/c30-19-10-8-18(9-11-19)21-16-22-24(33-27(35)25-12-15-32-37-25)17-29(13-4-1-5-14-29)36-28(22)34-26(21)20-6-2-3-7-23(20)31/h2-3,6-11,15-16,24-25H,1,4-5,12-14,17H2,(H,33,35). The lowest BCUT2D eigenvalue weighted by Crippen LogP contribution is -2.48. The molecule has 2 atom stereocenters. The van der Waals surface area contributed by atoms with Crippen LogP contribution in [0.2, 0.25) is 10.0 Å². The molecule has 6 nitrogen and oxygen atoms in total. The van der Waals surface area contributed by atoms with Crippen LogP contribution in [0.3, 0.4) is 0 Å². The first-order valence-electron chi connectivity index (χ1n) is 12.7. The Morgan fingerprint density at radius 3 is 2.51 bits per heavy atom. The molecule has 2 aromatic carbocycles. The number of amides is 1. The van der Waals surface area contributed by atoms with E-state index in [9.17, 15) is 4.79 Å². The number of hydrogen-bond acceptors (Lipinski definition) is 5. The molecule has 8 heteroatoms. The Bertz CT molecular complexity index is 1350. The molecule has 3 aliphatic rings. The maximum absolute atomic E-state index is 13.1. The fourth-order valence-corrected chi connectivity index (χ4v) is 5.98. The van der Waals surface area contributed by atoms with Crippen LogP contribution in [0, 0.1) is 0 Å². The lowest BCUT2D eigenvalue weighted by atomic mass is 9.77. The molecule has 0 radical (unpaired) electrons. The third-order valence-electron chi connectivity index (χ3n) is 7.52. The van der Waals surface area contributed by atoms with Crippen molar-refractivity contribution in [3.05, 3.63) is 70.2 Å². The van der Waals surface area contributed by atoms with Gasteiger partial charge in [-0.1, -0.05) is 65.1 Å². The molecule has 1 saturated carbocycles. The second-order valence-electron chi connectivity index (χ2n) is 9.99. The molecule has 190 valence electrons. The van der Waals surface area contributed by atoms with Crippen molar-refractivity contribution in [1.29, 1.82) is 0 Å². The van der Waals surface area contributed by atoms with Crippen LogP contribution in [0.4, 0.5) is 0 Å². The van der Waals surface area contributed by atoms with Crippen LogP contribution < -0.4 is 10.1 Å². The van der Waals surface area contributed by atoms with Crippen LogP contribution >= 0.6 is 23.2 Å². The minimum absolute atomic E-state index is 0.176. The van der Waals surface area contributed by atoms with E-state index in [4.69, 9.17) is 37.8 Å². The van der Waals surface area contributed by atoms with Gasteiger partial charge >= 0.3 is 0 Å². The number of halogens is 2. The summed E-state index contributed by atoms with van der Waals surface area (Å²) in [6.07, 6.45) is 7.41. The Labute approximate surface area is 226 Å². The molecular formula is C29H27Cl2N3O3. The average Bonchev–Trinajstić information content (AvgIpc) is 3.45. The van der Waals surface area contributed by atoms with Crippen LogP contribution in [0.5, 0.6) is 5.88 Å². The molecule has 0 saturated heterocycles. The van der Waals surface area contributed by atoms with E-state index in [1.807, 2.05) is 48.5 Å². The lowest BCUT2D eigenvalue weighted by molar-refractivity contribution is -0.132. The van der Waals surface area contributed by atoms with Gasteiger partial charge in [0.2, 0.25) is 12.0 Å². The second kappa shape index (κ2) is 9.99. The smallest absolute Gasteiger partial charge is 0.264 e. The molecule has 0 bridgehead atoms. The molecular weight excluding hydrogens is 509 g/mol. The summed E-state index contributed by atoms with van der Waals surface area (Å²) in [5.41, 5.74) is 3.89. The number of ether oxygens (including phenoxy) is 1. The van der Waals surface area contributed by atoms with Crippen molar-refractivity contribution in [1.82, 2.24) is 10.3 Å². The number of carbonyl (C=O) groups is 1. The van der Waals surface area contributed by atoms with E-state index in [-0.39, 0.29) is 17.6 Å². The molecule has 37 heavy (non-hydrogen) atoms. The van der Waals surface area contributed by atoms with Gasteiger partial charge in [0.05, 0.1) is 11.7 Å². The summed E-state index contributed by atoms with van der Waals surface area (Å²) in [5, 5.41) is 8.27. The van der Waals surface area contributed by atoms with Crippen LogP contribution in [0.1, 0.15) is 56.6 Å². The zero-order chi connectivity index (χ0) is 25.4. The first kappa shape index (κ1) is 24.3. The largest absolute Gasteiger partial charge is 0.471 e. The van der Waals surface area contributed by atoms with Gasteiger partial charge in [-0.05, 0) is 55.5 Å². The summed E-state index contributed by atoms with van der Waals surface area (Å²) in [7, 11) is 0. The van der Waals surface area contributed by atoms with Gasteiger partial charge in [0.15, 0.2) is 0 Å². The SMILES string of the molecule is O=C(NC1CC2(CCCCC2)Oc2nc(-c3ccccc3Cl)c(-c3ccc(Cl)cc3)cc21)C1CC=NO1. The highest BCUT2D eigenvalue weighted by Gasteiger charge is 2.44. The molecule has 1 fully saturated rings. The van der Waals surface area contributed by atoms with Gasteiger partial charge in [0, 0.05) is 45.8 Å². The summed E-state index contributed by atoms with van der Waals surface area (Å²) >= 11 is 12.8. The van der Waals surface area contributed by atoms with Crippen molar-refractivity contribution in [2.24, 2.45) is 5.16 Å². The third kappa shape index (κ3) is 4.80. The summed E-state index contributed by atoms with van der Waals surface area (Å²) < 4.78 is 6.73. The Hall–Kier alpha value is -3.09. The van der Waals surface area contributed by atoms with Crippen molar-refractivity contribution in [3.63, 3.8) is 0 Å². The Balaban J connectivity index is 1.49. The number of rotatable bonds is 4. The molecule has 1 amide bonds. The fraction of sp³-hybridized carbons (Fsp3) is 0.345. The number of hydrogen-bond donors (Lipinski definition) is 1. The topological polar surface area (TPSA) is 72.8 Å². The van der Waals surface area contributed by atoms with Gasteiger partial charge in [-0.3, -0.25) is 4.79 Å². The van der Waals surface area contributed by atoms with Crippen molar-refractivity contribution in [2.75, 3.05) is 0 Å². The third-order valence-corrected chi connectivity index (χ3v) is 8.10. The number of nitrogens with zero attached hydrogens (tertiary/aromatic N) is 2. The number of pyridine rings is 1. The van der Waals surface area contributed by atoms with Gasteiger partial charge < -0.3 is 14.9 Å². The summed E-state index contributed by atoms with van der Waals surface area (Å²) in [6.45, 7) is 0. The van der Waals surface area contributed by atoms with Gasteiger partial charge in [-0.15, -0.1) is 0 Å². The number of oxime groups is 1. The molecule has 2 aliphatic heterocycles. The second-order valence-corrected chi connectivity index (χ2v) is 10.8. The van der Waals surface area contributed by atoms with Crippen LogP contribution in [-0.4, -0.2) is 28.8 Å². The summed E-state index contributed by atoms with van der Waals surface area (Å²) in [6, 6.07) is 17.1. The summed E-state index contributed by atoms with van der Waals surface area (Å²) in [4.78, 5) is 23.5. The van der Waals surface area contributed by atoms with Crippen LogP contribution in [0.25, 0.3) is 22.4 Å². The first-order chi connectivity index (χ1) is 18.0. The van der Waals surface area contributed by atoms with Gasteiger partial charge in [0.1, 0.15) is 5.60 Å². The van der Waals surface area contributed by atoms with E-state index in [0.29, 0.717) is 28.8 Å². The van der Waals surface area contributed by atoms with E-state index in [1.54, 1.807) is 6.21 Å². The summed E-state index contributed by atoms with van der Waals surface area (Å²) in [5.74, 6) is 0.374. The number of fused-ring (bicyclic) bond motifs is 1.